The maximum absolute atomic E-state index is 13.5. The van der Waals surface area contributed by atoms with Crippen LogP contribution in [-0.4, -0.2) is 18.2 Å². The minimum Gasteiger partial charge on any atom is -0.496 e. The van der Waals surface area contributed by atoms with Gasteiger partial charge in [0, 0.05) is 11.8 Å². The van der Waals surface area contributed by atoms with Gasteiger partial charge in [0.15, 0.2) is 0 Å². The number of halogens is 1. The highest BCUT2D eigenvalue weighted by Gasteiger charge is 2.13. The molecule has 0 saturated heterocycles. The Labute approximate surface area is 120 Å². The third-order valence-electron chi connectivity index (χ3n) is 2.84. The van der Waals surface area contributed by atoms with Gasteiger partial charge in [-0.3, -0.25) is 0 Å². The maximum atomic E-state index is 13.5. The van der Waals surface area contributed by atoms with E-state index in [9.17, 15) is 9.18 Å². The largest absolute Gasteiger partial charge is 0.496 e. The fraction of sp³-hybridized carbons (Fsp3) is 0.0667. The molecule has 106 valence electrons. The highest BCUT2D eigenvalue weighted by Crippen LogP contribution is 2.27. The predicted molar refractivity (Wildman–Crippen MR) is 74.4 cm³/mol. The highest BCUT2D eigenvalue weighted by molar-refractivity contribution is 5.91. The minimum absolute atomic E-state index is 0.0165. The van der Waals surface area contributed by atoms with Crippen molar-refractivity contribution in [2.75, 3.05) is 12.4 Å². The maximum Gasteiger partial charge on any atom is 0.339 e. The van der Waals surface area contributed by atoms with Crippen LogP contribution in [0.2, 0.25) is 0 Å². The summed E-state index contributed by atoms with van der Waals surface area (Å²) in [7, 11) is 1.36. The summed E-state index contributed by atoms with van der Waals surface area (Å²) in [6, 6.07) is 10.3. The molecule has 0 fully saturated rings. The van der Waals surface area contributed by atoms with Crippen molar-refractivity contribution in [3.8, 4) is 11.8 Å². The zero-order valence-electron chi connectivity index (χ0n) is 11.1. The van der Waals surface area contributed by atoms with E-state index in [-0.39, 0.29) is 16.9 Å². The molecule has 0 heterocycles. The lowest BCUT2D eigenvalue weighted by atomic mass is 10.1. The normalized spacial score (nSPS) is 9.76. The molecule has 2 rings (SSSR count). The van der Waals surface area contributed by atoms with Gasteiger partial charge in [-0.25, -0.2) is 9.18 Å². The summed E-state index contributed by atoms with van der Waals surface area (Å²) in [6.45, 7) is 0. The van der Waals surface area contributed by atoms with Crippen LogP contribution in [0.4, 0.5) is 15.8 Å². The molecular formula is C15H11FN2O3. The summed E-state index contributed by atoms with van der Waals surface area (Å²) < 4.78 is 18.5. The summed E-state index contributed by atoms with van der Waals surface area (Å²) in [4.78, 5) is 11.0. The van der Waals surface area contributed by atoms with Crippen molar-refractivity contribution >= 4 is 17.3 Å². The van der Waals surface area contributed by atoms with Crippen LogP contribution in [0.15, 0.2) is 36.4 Å². The van der Waals surface area contributed by atoms with Crippen molar-refractivity contribution in [2.45, 2.75) is 0 Å². The first-order valence-corrected chi connectivity index (χ1v) is 5.93. The van der Waals surface area contributed by atoms with Gasteiger partial charge >= 0.3 is 5.97 Å². The monoisotopic (exact) mass is 286 g/mol. The number of carbonyl (C=O) groups is 1. The lowest BCUT2D eigenvalue weighted by molar-refractivity contribution is 0.0693. The van der Waals surface area contributed by atoms with E-state index in [2.05, 4.69) is 5.32 Å². The Balaban J connectivity index is 2.40. The second-order valence-corrected chi connectivity index (χ2v) is 4.12. The van der Waals surface area contributed by atoms with Gasteiger partial charge in [0.25, 0.3) is 0 Å². The van der Waals surface area contributed by atoms with Gasteiger partial charge in [0.05, 0.1) is 12.8 Å². The molecule has 0 spiro atoms. The lowest BCUT2D eigenvalue weighted by Crippen LogP contribution is -2.02. The number of rotatable bonds is 4. The number of ether oxygens (including phenoxy) is 1. The van der Waals surface area contributed by atoms with Crippen molar-refractivity contribution in [1.29, 1.82) is 5.26 Å². The smallest absolute Gasteiger partial charge is 0.339 e. The molecule has 2 N–H and O–H groups in total. The van der Waals surface area contributed by atoms with Gasteiger partial charge in [-0.05, 0) is 24.3 Å². The number of carboxylic acids is 1. The molecule has 0 aliphatic heterocycles. The van der Waals surface area contributed by atoms with E-state index >= 15 is 0 Å². The Morgan fingerprint density at radius 2 is 2.14 bits per heavy atom. The fourth-order valence-electron chi connectivity index (χ4n) is 1.84. The van der Waals surface area contributed by atoms with E-state index < -0.39 is 11.8 Å². The molecule has 2 aromatic rings. The van der Waals surface area contributed by atoms with Crippen molar-refractivity contribution in [3.05, 3.63) is 53.3 Å². The Bertz CT molecular complexity index is 738. The van der Waals surface area contributed by atoms with E-state index in [4.69, 9.17) is 15.1 Å². The molecule has 6 heteroatoms. The third-order valence-corrected chi connectivity index (χ3v) is 2.84. The number of nitrogens with one attached hydrogen (secondary N) is 1. The van der Waals surface area contributed by atoms with E-state index in [1.807, 2.05) is 0 Å². The fourth-order valence-corrected chi connectivity index (χ4v) is 1.84. The summed E-state index contributed by atoms with van der Waals surface area (Å²) in [5.41, 5.74) is 0.683. The quantitative estimate of drug-likeness (QED) is 0.902. The Kier molecular flexibility index (Phi) is 4.05. The molecule has 2 aromatic carbocycles. The number of nitriles is 1. The first kappa shape index (κ1) is 14.3. The van der Waals surface area contributed by atoms with Crippen LogP contribution < -0.4 is 10.1 Å². The van der Waals surface area contributed by atoms with Crippen LogP contribution in [0.1, 0.15) is 15.9 Å². The van der Waals surface area contributed by atoms with Crippen LogP contribution in [0.5, 0.6) is 5.75 Å². The number of anilines is 2. The number of aromatic carboxylic acids is 1. The first-order chi connectivity index (χ1) is 10.1. The predicted octanol–water partition coefficient (Wildman–Crippen LogP) is 3.15. The van der Waals surface area contributed by atoms with Crippen LogP contribution in [-0.2, 0) is 0 Å². The van der Waals surface area contributed by atoms with Crippen molar-refractivity contribution in [2.24, 2.45) is 0 Å². The van der Waals surface area contributed by atoms with Gasteiger partial charge < -0.3 is 15.2 Å². The molecule has 0 aliphatic carbocycles. The summed E-state index contributed by atoms with van der Waals surface area (Å²) in [5, 5.41) is 20.8. The van der Waals surface area contributed by atoms with Crippen LogP contribution in [0.3, 0.4) is 0 Å². The number of nitrogens with zero attached hydrogens (tertiary/aromatic N) is 1. The van der Waals surface area contributed by atoms with Crippen molar-refractivity contribution in [1.82, 2.24) is 0 Å². The number of carboxylic acid groups (broad SMARTS) is 1. The van der Waals surface area contributed by atoms with Gasteiger partial charge in [-0.2, -0.15) is 5.26 Å². The van der Waals surface area contributed by atoms with Gasteiger partial charge in [-0.15, -0.1) is 0 Å². The topological polar surface area (TPSA) is 82.3 Å². The zero-order valence-corrected chi connectivity index (χ0v) is 11.1. The second kappa shape index (κ2) is 5.92. The third kappa shape index (κ3) is 2.92. The van der Waals surface area contributed by atoms with Gasteiger partial charge in [0.2, 0.25) is 0 Å². The molecule has 0 unspecified atom stereocenters. The van der Waals surface area contributed by atoms with Crippen LogP contribution in [0, 0.1) is 17.1 Å². The average Bonchev–Trinajstić information content (AvgIpc) is 2.47. The lowest BCUT2D eigenvalue weighted by Gasteiger charge is -2.11. The number of hydrogen-bond donors (Lipinski definition) is 2. The van der Waals surface area contributed by atoms with Gasteiger partial charge in [0.1, 0.15) is 28.8 Å². The summed E-state index contributed by atoms with van der Waals surface area (Å²) in [5.74, 6) is -1.57. The molecule has 0 aliphatic rings. The zero-order chi connectivity index (χ0) is 15.4. The standard InChI is InChI=1S/C15H11FN2O3/c1-21-14-7-9(5-6-10(14)15(19)20)18-13-4-2-3-12(16)11(13)8-17/h2-7,18H,1H3,(H,19,20). The molecule has 0 radical (unpaired) electrons. The van der Waals surface area contributed by atoms with E-state index in [1.165, 1.54) is 37.4 Å². The van der Waals surface area contributed by atoms with Crippen molar-refractivity contribution < 1.29 is 19.0 Å². The first-order valence-electron chi connectivity index (χ1n) is 5.93. The Morgan fingerprint density at radius 1 is 1.38 bits per heavy atom. The molecule has 0 saturated carbocycles. The second-order valence-electron chi connectivity index (χ2n) is 4.12. The van der Waals surface area contributed by atoms with Gasteiger partial charge in [-0.1, -0.05) is 6.07 Å². The molecule has 21 heavy (non-hydrogen) atoms. The SMILES string of the molecule is COc1cc(Nc2cccc(F)c2C#N)ccc1C(=O)O. The van der Waals surface area contributed by atoms with Crippen LogP contribution >= 0.6 is 0 Å². The molecular weight excluding hydrogens is 275 g/mol. The molecule has 0 aromatic heterocycles. The molecule has 0 bridgehead atoms. The van der Waals surface area contributed by atoms with E-state index in [0.29, 0.717) is 11.4 Å². The Morgan fingerprint density at radius 3 is 2.76 bits per heavy atom. The molecule has 5 nitrogen and oxygen atoms in total. The highest BCUT2D eigenvalue weighted by atomic mass is 19.1. The average molecular weight is 286 g/mol. The Hall–Kier alpha value is -3.07. The number of methoxy groups -OCH3 is 1. The summed E-state index contributed by atoms with van der Waals surface area (Å²) >= 11 is 0. The molecule has 0 amide bonds. The minimum atomic E-state index is -1.11. The number of benzene rings is 2. The summed E-state index contributed by atoms with van der Waals surface area (Å²) in [6.07, 6.45) is 0. The van der Waals surface area contributed by atoms with E-state index in [0.717, 1.165) is 0 Å². The van der Waals surface area contributed by atoms with E-state index in [1.54, 1.807) is 12.1 Å². The van der Waals surface area contributed by atoms with Crippen molar-refractivity contribution in [3.63, 3.8) is 0 Å². The number of hydrogen-bond acceptors (Lipinski definition) is 4. The van der Waals surface area contributed by atoms with Crippen LogP contribution in [0.25, 0.3) is 0 Å². The molecule has 0 atom stereocenters.